The number of hydrogen-bond donors (Lipinski definition) is 3. The molecule has 0 saturated heterocycles. The molecule has 0 heterocycles. The number of hydrogen-bond acceptors (Lipinski definition) is 14. The fourth-order valence-electron chi connectivity index (χ4n) is 5.29. The minimum Gasteiger partial charge on any atom is -0.507 e. The van der Waals surface area contributed by atoms with Gasteiger partial charge in [0.05, 0.1) is 23.3 Å². The largest absolute Gasteiger partial charge is 0.507 e. The van der Waals surface area contributed by atoms with Crippen molar-refractivity contribution >= 4 is 47.8 Å². The van der Waals surface area contributed by atoms with E-state index in [9.17, 15) is 48.6 Å². The van der Waals surface area contributed by atoms with Crippen molar-refractivity contribution < 1.29 is 77.4 Å². The van der Waals surface area contributed by atoms with Crippen molar-refractivity contribution in [1.29, 1.82) is 0 Å². The fraction of sp³-hybridized carbons (Fsp3) is 0.102. The number of phenols is 1. The second kappa shape index (κ2) is 24.5. The SMILES string of the molecule is CC(=O)Oc1ccccc1C(=O)OC(=O)c1ccccc1O.CCCCOC(=O)c1ccccc1OC(=O)c1ccccc1C(=O)Oc1ccccc1C(=O)O.O=C(O)c1ccccc1. The molecule has 6 aromatic rings. The number of carboxylic acid groups (broad SMARTS) is 2. The summed E-state index contributed by atoms with van der Waals surface area (Å²) >= 11 is 0. The summed E-state index contributed by atoms with van der Waals surface area (Å²) in [4.78, 5) is 94.6. The molecule has 0 spiro atoms. The molecule has 16 heteroatoms. The lowest BCUT2D eigenvalue weighted by Gasteiger charge is -2.12. The van der Waals surface area contributed by atoms with Crippen LogP contribution in [-0.4, -0.2) is 69.7 Å². The zero-order chi connectivity index (χ0) is 47.3. The van der Waals surface area contributed by atoms with E-state index < -0.39 is 47.8 Å². The number of benzene rings is 6. The molecule has 332 valence electrons. The van der Waals surface area contributed by atoms with Crippen molar-refractivity contribution in [1.82, 2.24) is 0 Å². The van der Waals surface area contributed by atoms with Gasteiger partial charge < -0.3 is 39.0 Å². The molecule has 0 unspecified atom stereocenters. The summed E-state index contributed by atoms with van der Waals surface area (Å²) in [5.41, 5.74) is -0.251. The minimum absolute atomic E-state index is 0.00918. The summed E-state index contributed by atoms with van der Waals surface area (Å²) in [7, 11) is 0. The molecule has 0 aliphatic carbocycles. The van der Waals surface area contributed by atoms with Crippen LogP contribution in [0.1, 0.15) is 99.2 Å². The molecule has 0 aromatic heterocycles. The Kier molecular flexibility index (Phi) is 18.4. The lowest BCUT2D eigenvalue weighted by Crippen LogP contribution is -2.19. The normalized spacial score (nSPS) is 9.94. The van der Waals surface area contributed by atoms with Crippen molar-refractivity contribution in [3.63, 3.8) is 0 Å². The number of unbranched alkanes of at least 4 members (excludes halogenated alkanes) is 1. The summed E-state index contributed by atoms with van der Waals surface area (Å²) in [6, 6.07) is 37.4. The number of para-hydroxylation sites is 4. The van der Waals surface area contributed by atoms with Gasteiger partial charge in [-0.05, 0) is 79.2 Å². The Morgan fingerprint density at radius 3 is 1.29 bits per heavy atom. The molecular weight excluding hydrogens is 845 g/mol. The highest BCUT2D eigenvalue weighted by molar-refractivity contribution is 6.06. The Balaban J connectivity index is 0.000000253. The van der Waals surface area contributed by atoms with E-state index in [4.69, 9.17) is 28.8 Å². The molecule has 0 saturated carbocycles. The third kappa shape index (κ3) is 14.6. The second-order valence-corrected chi connectivity index (χ2v) is 13.1. The molecule has 0 bridgehead atoms. The van der Waals surface area contributed by atoms with Crippen LogP contribution in [0.2, 0.25) is 0 Å². The van der Waals surface area contributed by atoms with Crippen LogP contribution in [-0.2, 0) is 14.3 Å². The minimum atomic E-state index is -1.27. The van der Waals surface area contributed by atoms with Gasteiger partial charge in [-0.25, -0.2) is 33.6 Å². The lowest BCUT2D eigenvalue weighted by molar-refractivity contribution is -0.131. The van der Waals surface area contributed by atoms with Gasteiger partial charge >= 0.3 is 47.8 Å². The average molecular weight is 885 g/mol. The first kappa shape index (κ1) is 48.7. The number of aromatic hydroxyl groups is 1. The molecule has 3 N–H and O–H groups in total. The highest BCUT2D eigenvalue weighted by atomic mass is 16.6. The number of carbonyl (C=O) groups is 8. The Bertz CT molecular complexity index is 2670. The van der Waals surface area contributed by atoms with Crippen molar-refractivity contribution in [3.8, 4) is 23.0 Å². The van der Waals surface area contributed by atoms with Crippen LogP contribution >= 0.6 is 0 Å². The summed E-state index contributed by atoms with van der Waals surface area (Å²) in [6.45, 7) is 3.39. The number of esters is 6. The van der Waals surface area contributed by atoms with Crippen molar-refractivity contribution in [2.45, 2.75) is 26.7 Å². The van der Waals surface area contributed by atoms with Crippen LogP contribution < -0.4 is 14.2 Å². The molecule has 0 aliphatic rings. The monoisotopic (exact) mass is 884 g/mol. The highest BCUT2D eigenvalue weighted by Gasteiger charge is 2.24. The quantitative estimate of drug-likeness (QED) is 0.0426. The van der Waals surface area contributed by atoms with Crippen LogP contribution in [0.4, 0.5) is 0 Å². The van der Waals surface area contributed by atoms with Gasteiger partial charge in [-0.15, -0.1) is 0 Å². The number of aromatic carboxylic acids is 2. The van der Waals surface area contributed by atoms with Crippen molar-refractivity contribution in [3.05, 3.63) is 191 Å². The van der Waals surface area contributed by atoms with Crippen LogP contribution in [0.5, 0.6) is 23.0 Å². The van der Waals surface area contributed by atoms with Gasteiger partial charge in [0.25, 0.3) is 0 Å². The zero-order valence-corrected chi connectivity index (χ0v) is 34.7. The van der Waals surface area contributed by atoms with Crippen LogP contribution in [0.3, 0.4) is 0 Å². The zero-order valence-electron chi connectivity index (χ0n) is 34.7. The Morgan fingerprint density at radius 1 is 0.431 bits per heavy atom. The third-order valence-electron chi connectivity index (χ3n) is 8.42. The first-order valence-corrected chi connectivity index (χ1v) is 19.4. The van der Waals surface area contributed by atoms with Gasteiger partial charge in [0.1, 0.15) is 45.3 Å². The number of rotatable bonds is 13. The Hall–Kier alpha value is -8.92. The van der Waals surface area contributed by atoms with Gasteiger partial charge in [-0.2, -0.15) is 0 Å². The first-order chi connectivity index (χ1) is 31.2. The first-order valence-electron chi connectivity index (χ1n) is 19.4. The molecule has 0 atom stereocenters. The second-order valence-electron chi connectivity index (χ2n) is 13.1. The van der Waals surface area contributed by atoms with Crippen molar-refractivity contribution in [2.75, 3.05) is 6.61 Å². The van der Waals surface area contributed by atoms with E-state index in [1.54, 1.807) is 48.5 Å². The predicted octanol–water partition coefficient (Wildman–Crippen LogP) is 8.48. The molecule has 6 aromatic carbocycles. The van der Waals surface area contributed by atoms with E-state index in [0.29, 0.717) is 12.0 Å². The molecule has 6 rings (SSSR count). The van der Waals surface area contributed by atoms with Gasteiger partial charge in [0.15, 0.2) is 0 Å². The average Bonchev–Trinajstić information content (AvgIpc) is 3.30. The summed E-state index contributed by atoms with van der Waals surface area (Å²) in [5, 5.41) is 27.2. The summed E-state index contributed by atoms with van der Waals surface area (Å²) < 4.78 is 25.4. The Morgan fingerprint density at radius 2 is 0.831 bits per heavy atom. The van der Waals surface area contributed by atoms with E-state index in [1.807, 2.05) is 6.92 Å². The van der Waals surface area contributed by atoms with E-state index in [1.165, 1.54) is 110 Å². The molecular formula is C49H40O16. The van der Waals surface area contributed by atoms with Crippen molar-refractivity contribution in [2.24, 2.45) is 0 Å². The number of carboxylic acids is 2. The van der Waals surface area contributed by atoms with Gasteiger partial charge in [-0.1, -0.05) is 92.2 Å². The maximum atomic E-state index is 12.9. The molecule has 0 radical (unpaired) electrons. The maximum absolute atomic E-state index is 12.9. The number of ether oxygens (including phenoxy) is 5. The fourth-order valence-corrected chi connectivity index (χ4v) is 5.29. The predicted molar refractivity (Wildman–Crippen MR) is 230 cm³/mol. The molecule has 0 aliphatic heterocycles. The molecule has 0 amide bonds. The Labute approximate surface area is 371 Å². The standard InChI is InChI=1S/C26H22O8.C16H12O6.C7H6O2/c1-2-3-16-32-24(29)20-13-7-9-15-22(20)34-26(31)18-11-5-4-10-17(18)25(30)33-21-14-8-6-12-19(21)23(27)28;1-10(17)21-14-9-5-3-7-12(14)16(20)22-15(19)11-6-2-4-8-13(11)18;8-7(9)6-4-2-1-3-5-6/h4-15H,2-3,16H2,1H3,(H,27,28);2-9,18H,1H3;1-5H,(H,8,9). The lowest BCUT2D eigenvalue weighted by atomic mass is 10.1. The summed E-state index contributed by atoms with van der Waals surface area (Å²) in [5.74, 6) is -7.68. The number of carbonyl (C=O) groups excluding carboxylic acids is 6. The van der Waals surface area contributed by atoms with Crippen LogP contribution in [0.15, 0.2) is 152 Å². The molecule has 16 nitrogen and oxygen atoms in total. The number of phenolic OH excluding ortho intramolecular Hbond substituents is 1. The van der Waals surface area contributed by atoms with Crippen LogP contribution in [0.25, 0.3) is 0 Å². The van der Waals surface area contributed by atoms with E-state index in [0.717, 1.165) is 6.42 Å². The van der Waals surface area contributed by atoms with Gasteiger partial charge in [-0.3, -0.25) is 4.79 Å². The highest BCUT2D eigenvalue weighted by Crippen LogP contribution is 2.25. The maximum Gasteiger partial charge on any atom is 0.349 e. The van der Waals surface area contributed by atoms with E-state index in [-0.39, 0.29) is 63.0 Å². The van der Waals surface area contributed by atoms with Gasteiger partial charge in [0.2, 0.25) is 0 Å². The topological polar surface area (TPSA) is 243 Å². The smallest absolute Gasteiger partial charge is 0.349 e. The van der Waals surface area contributed by atoms with Gasteiger partial charge in [0, 0.05) is 6.92 Å². The van der Waals surface area contributed by atoms with E-state index >= 15 is 0 Å². The van der Waals surface area contributed by atoms with Crippen LogP contribution in [0, 0.1) is 0 Å². The van der Waals surface area contributed by atoms with E-state index in [2.05, 4.69) is 0 Å². The molecule has 65 heavy (non-hydrogen) atoms. The third-order valence-corrected chi connectivity index (χ3v) is 8.42. The summed E-state index contributed by atoms with van der Waals surface area (Å²) in [6.07, 6.45) is 1.56. The molecule has 0 fully saturated rings.